The highest BCUT2D eigenvalue weighted by molar-refractivity contribution is 9.09. The van der Waals surface area contributed by atoms with Gasteiger partial charge in [-0.2, -0.15) is 0 Å². The SMILES string of the molecule is CCCC(Br)CNC(=O)CC1CCCCCC1. The first-order chi connectivity index (χ1) is 8.22. The second-order valence-electron chi connectivity index (χ2n) is 5.25. The van der Waals surface area contributed by atoms with E-state index in [4.69, 9.17) is 0 Å². The zero-order valence-electron chi connectivity index (χ0n) is 11.0. The lowest BCUT2D eigenvalue weighted by Gasteiger charge is -2.15. The Morgan fingerprint density at radius 3 is 2.53 bits per heavy atom. The lowest BCUT2D eigenvalue weighted by atomic mass is 9.96. The predicted octanol–water partition coefficient (Wildman–Crippen LogP) is 4.03. The van der Waals surface area contributed by atoms with Gasteiger partial charge in [-0.25, -0.2) is 0 Å². The molecule has 1 atom stereocenters. The minimum Gasteiger partial charge on any atom is -0.355 e. The number of carbonyl (C=O) groups excluding carboxylic acids is 1. The van der Waals surface area contributed by atoms with Crippen LogP contribution in [0.25, 0.3) is 0 Å². The highest BCUT2D eigenvalue weighted by Gasteiger charge is 2.16. The quantitative estimate of drug-likeness (QED) is 0.582. The van der Waals surface area contributed by atoms with Crippen molar-refractivity contribution in [1.82, 2.24) is 5.32 Å². The summed E-state index contributed by atoms with van der Waals surface area (Å²) < 4.78 is 0. The van der Waals surface area contributed by atoms with Gasteiger partial charge in [0.05, 0.1) is 0 Å². The molecule has 17 heavy (non-hydrogen) atoms. The van der Waals surface area contributed by atoms with Crippen molar-refractivity contribution in [3.63, 3.8) is 0 Å². The van der Waals surface area contributed by atoms with E-state index in [1.807, 2.05) is 0 Å². The molecule has 100 valence electrons. The Bertz CT molecular complexity index is 212. The maximum atomic E-state index is 11.8. The molecule has 1 fully saturated rings. The molecule has 1 rings (SSSR count). The molecular weight excluding hydrogens is 278 g/mol. The van der Waals surface area contributed by atoms with Crippen LogP contribution in [0.1, 0.15) is 64.7 Å². The molecule has 1 aliphatic rings. The van der Waals surface area contributed by atoms with E-state index in [0.29, 0.717) is 10.7 Å². The molecule has 0 saturated heterocycles. The lowest BCUT2D eigenvalue weighted by molar-refractivity contribution is -0.122. The van der Waals surface area contributed by atoms with Gasteiger partial charge in [0.1, 0.15) is 0 Å². The van der Waals surface area contributed by atoms with Crippen LogP contribution in [0.3, 0.4) is 0 Å². The van der Waals surface area contributed by atoms with Crippen LogP contribution in [0, 0.1) is 5.92 Å². The Hall–Kier alpha value is -0.0500. The second kappa shape index (κ2) is 8.96. The molecule has 1 saturated carbocycles. The van der Waals surface area contributed by atoms with Crippen LogP contribution >= 0.6 is 15.9 Å². The highest BCUT2D eigenvalue weighted by Crippen LogP contribution is 2.25. The molecule has 1 amide bonds. The summed E-state index contributed by atoms with van der Waals surface area (Å²) in [5.41, 5.74) is 0. The van der Waals surface area contributed by atoms with Crippen LogP contribution in [0.5, 0.6) is 0 Å². The molecule has 1 aliphatic carbocycles. The average Bonchev–Trinajstić information content (AvgIpc) is 2.55. The Balaban J connectivity index is 2.14. The zero-order valence-corrected chi connectivity index (χ0v) is 12.6. The van der Waals surface area contributed by atoms with E-state index in [0.717, 1.165) is 25.8 Å². The van der Waals surface area contributed by atoms with Crippen LogP contribution in [0.4, 0.5) is 0 Å². The van der Waals surface area contributed by atoms with E-state index in [2.05, 4.69) is 28.2 Å². The minimum absolute atomic E-state index is 0.248. The van der Waals surface area contributed by atoms with Crippen molar-refractivity contribution in [3.8, 4) is 0 Å². The van der Waals surface area contributed by atoms with Crippen molar-refractivity contribution in [2.24, 2.45) is 5.92 Å². The third-order valence-electron chi connectivity index (χ3n) is 3.57. The molecule has 0 aliphatic heterocycles. The maximum absolute atomic E-state index is 11.8. The second-order valence-corrected chi connectivity index (χ2v) is 6.55. The monoisotopic (exact) mass is 303 g/mol. The predicted molar refractivity (Wildman–Crippen MR) is 76.4 cm³/mol. The molecule has 0 radical (unpaired) electrons. The standard InChI is InChI=1S/C14H26BrNO/c1-2-7-13(15)11-16-14(17)10-12-8-5-3-4-6-9-12/h12-13H,2-11H2,1H3,(H,16,17). The van der Waals surface area contributed by atoms with E-state index >= 15 is 0 Å². The summed E-state index contributed by atoms with van der Waals surface area (Å²) in [6, 6.07) is 0. The van der Waals surface area contributed by atoms with E-state index in [9.17, 15) is 4.79 Å². The van der Waals surface area contributed by atoms with Crippen molar-refractivity contribution in [3.05, 3.63) is 0 Å². The number of hydrogen-bond acceptors (Lipinski definition) is 1. The van der Waals surface area contributed by atoms with Gasteiger partial charge in [-0.3, -0.25) is 4.79 Å². The van der Waals surface area contributed by atoms with Gasteiger partial charge >= 0.3 is 0 Å². The van der Waals surface area contributed by atoms with Crippen molar-refractivity contribution >= 4 is 21.8 Å². The molecule has 0 bridgehead atoms. The summed E-state index contributed by atoms with van der Waals surface area (Å²) in [5, 5.41) is 3.05. The Labute approximate surface area is 114 Å². The lowest BCUT2D eigenvalue weighted by Crippen LogP contribution is -2.30. The van der Waals surface area contributed by atoms with Crippen LogP contribution in [-0.2, 0) is 4.79 Å². The minimum atomic E-state index is 0.248. The fourth-order valence-electron chi connectivity index (χ4n) is 2.54. The molecule has 0 aromatic carbocycles. The van der Waals surface area contributed by atoms with Crippen molar-refractivity contribution in [2.75, 3.05) is 6.54 Å². The van der Waals surface area contributed by atoms with Crippen LogP contribution < -0.4 is 5.32 Å². The van der Waals surface area contributed by atoms with Gasteiger partial charge in [0.15, 0.2) is 0 Å². The largest absolute Gasteiger partial charge is 0.355 e. The van der Waals surface area contributed by atoms with Gasteiger partial charge in [0, 0.05) is 17.8 Å². The van der Waals surface area contributed by atoms with Crippen LogP contribution in [0.2, 0.25) is 0 Å². The summed E-state index contributed by atoms with van der Waals surface area (Å²) >= 11 is 3.59. The van der Waals surface area contributed by atoms with Gasteiger partial charge in [-0.15, -0.1) is 0 Å². The Kier molecular flexibility index (Phi) is 7.91. The van der Waals surface area contributed by atoms with Crippen molar-refractivity contribution in [2.45, 2.75) is 69.5 Å². The number of alkyl halides is 1. The van der Waals surface area contributed by atoms with E-state index in [1.54, 1.807) is 0 Å². The first-order valence-corrected chi connectivity index (χ1v) is 8.04. The number of rotatable bonds is 6. The van der Waals surface area contributed by atoms with E-state index < -0.39 is 0 Å². The molecule has 0 spiro atoms. The molecule has 2 nitrogen and oxygen atoms in total. The number of hydrogen-bond donors (Lipinski definition) is 1. The number of nitrogens with one attached hydrogen (secondary N) is 1. The van der Waals surface area contributed by atoms with Gasteiger partial charge < -0.3 is 5.32 Å². The number of carbonyl (C=O) groups is 1. The fourth-order valence-corrected chi connectivity index (χ4v) is 3.16. The number of halogens is 1. The van der Waals surface area contributed by atoms with E-state index in [-0.39, 0.29) is 5.91 Å². The normalized spacial score (nSPS) is 19.6. The first-order valence-electron chi connectivity index (χ1n) is 7.13. The number of amides is 1. The molecule has 3 heteroatoms. The maximum Gasteiger partial charge on any atom is 0.220 e. The molecule has 0 heterocycles. The molecule has 1 unspecified atom stereocenters. The first kappa shape index (κ1) is 15.0. The topological polar surface area (TPSA) is 29.1 Å². The fraction of sp³-hybridized carbons (Fsp3) is 0.929. The highest BCUT2D eigenvalue weighted by atomic mass is 79.9. The summed E-state index contributed by atoms with van der Waals surface area (Å²) in [6.45, 7) is 2.95. The van der Waals surface area contributed by atoms with Crippen molar-refractivity contribution < 1.29 is 4.79 Å². The Morgan fingerprint density at radius 2 is 1.94 bits per heavy atom. The molecule has 0 aromatic rings. The summed E-state index contributed by atoms with van der Waals surface area (Å²) in [7, 11) is 0. The van der Waals surface area contributed by atoms with Crippen molar-refractivity contribution in [1.29, 1.82) is 0 Å². The van der Waals surface area contributed by atoms with E-state index in [1.165, 1.54) is 38.5 Å². The molecule has 1 N–H and O–H groups in total. The zero-order chi connectivity index (χ0) is 12.5. The summed E-state index contributed by atoms with van der Waals surface area (Å²) in [6.07, 6.45) is 10.9. The Morgan fingerprint density at radius 1 is 1.29 bits per heavy atom. The van der Waals surface area contributed by atoms with Gasteiger partial charge in [-0.05, 0) is 25.2 Å². The third kappa shape index (κ3) is 7.07. The average molecular weight is 304 g/mol. The summed E-state index contributed by atoms with van der Waals surface area (Å²) in [4.78, 5) is 12.2. The van der Waals surface area contributed by atoms with Gasteiger partial charge in [0.2, 0.25) is 5.91 Å². The van der Waals surface area contributed by atoms with Crippen LogP contribution in [0.15, 0.2) is 0 Å². The van der Waals surface area contributed by atoms with Gasteiger partial charge in [-0.1, -0.05) is 55.0 Å². The third-order valence-corrected chi connectivity index (χ3v) is 4.35. The summed E-state index contributed by atoms with van der Waals surface area (Å²) in [5.74, 6) is 0.884. The molecular formula is C14H26BrNO. The molecule has 0 aromatic heterocycles. The van der Waals surface area contributed by atoms with Gasteiger partial charge in [0.25, 0.3) is 0 Å². The smallest absolute Gasteiger partial charge is 0.220 e. The van der Waals surface area contributed by atoms with Crippen LogP contribution in [-0.4, -0.2) is 17.3 Å².